The molecule has 0 unspecified atom stereocenters. The lowest BCUT2D eigenvalue weighted by atomic mass is 10.1. The van der Waals surface area contributed by atoms with E-state index < -0.39 is 0 Å². The molecule has 1 aromatic rings. The summed E-state index contributed by atoms with van der Waals surface area (Å²) in [4.78, 5) is 0. The van der Waals surface area contributed by atoms with Crippen LogP contribution < -0.4 is 0 Å². The van der Waals surface area contributed by atoms with E-state index in [0.29, 0.717) is 5.57 Å². The van der Waals surface area contributed by atoms with Crippen molar-refractivity contribution < 1.29 is 0 Å². The van der Waals surface area contributed by atoms with Gasteiger partial charge in [-0.25, -0.2) is 0 Å². The summed E-state index contributed by atoms with van der Waals surface area (Å²) in [6.45, 7) is 3.83. The van der Waals surface area contributed by atoms with Crippen molar-refractivity contribution >= 4 is 11.8 Å². The predicted molar refractivity (Wildman–Crippen MR) is 58.0 cm³/mol. The van der Waals surface area contributed by atoms with E-state index in [4.69, 9.17) is 10.7 Å². The van der Waals surface area contributed by atoms with Crippen LogP contribution in [0.2, 0.25) is 0 Å². The molecule has 0 atom stereocenters. The minimum Gasteiger partial charge on any atom is -0.307 e. The SMILES string of the molecule is C=C(/C=C(/C#N)C=N)c1ccccc1. The zero-order valence-electron chi connectivity index (χ0n) is 7.70. The molecule has 1 aromatic carbocycles. The fraction of sp³-hybridized carbons (Fsp3) is 0. The Kier molecular flexibility index (Phi) is 3.40. The predicted octanol–water partition coefficient (Wildman–Crippen LogP) is 2.80. The second kappa shape index (κ2) is 4.78. The molecule has 0 spiro atoms. The molecule has 68 valence electrons. The van der Waals surface area contributed by atoms with Crippen LogP contribution in [-0.4, -0.2) is 6.21 Å². The van der Waals surface area contributed by atoms with Crippen LogP contribution in [0.4, 0.5) is 0 Å². The van der Waals surface area contributed by atoms with E-state index in [-0.39, 0.29) is 0 Å². The Bertz CT molecular complexity index is 408. The Morgan fingerprint density at radius 3 is 2.50 bits per heavy atom. The van der Waals surface area contributed by atoms with Crippen molar-refractivity contribution in [2.24, 2.45) is 0 Å². The Balaban J connectivity index is 2.94. The summed E-state index contributed by atoms with van der Waals surface area (Å²) < 4.78 is 0. The molecule has 0 fully saturated rings. The largest absolute Gasteiger partial charge is 0.307 e. The van der Waals surface area contributed by atoms with Gasteiger partial charge in [-0.1, -0.05) is 36.9 Å². The van der Waals surface area contributed by atoms with E-state index in [1.54, 1.807) is 6.08 Å². The first kappa shape index (κ1) is 9.94. The number of nitrogens with one attached hydrogen (secondary N) is 1. The Morgan fingerprint density at radius 1 is 1.36 bits per heavy atom. The molecule has 0 aromatic heterocycles. The van der Waals surface area contributed by atoms with Crippen molar-refractivity contribution in [2.75, 3.05) is 0 Å². The fourth-order valence-electron chi connectivity index (χ4n) is 1.03. The summed E-state index contributed by atoms with van der Waals surface area (Å²) in [6.07, 6.45) is 2.62. The van der Waals surface area contributed by atoms with Gasteiger partial charge in [0.2, 0.25) is 0 Å². The molecule has 0 saturated carbocycles. The molecule has 2 heteroatoms. The zero-order chi connectivity index (χ0) is 10.4. The maximum atomic E-state index is 8.61. The summed E-state index contributed by atoms with van der Waals surface area (Å²) in [5.41, 5.74) is 2.01. The first-order chi connectivity index (χ1) is 6.77. The number of allylic oxidation sites excluding steroid dienone is 3. The van der Waals surface area contributed by atoms with Gasteiger partial charge in [0.25, 0.3) is 0 Å². The molecule has 0 aliphatic heterocycles. The van der Waals surface area contributed by atoms with Crippen molar-refractivity contribution in [3.8, 4) is 6.07 Å². The maximum absolute atomic E-state index is 8.61. The second-order valence-electron chi connectivity index (χ2n) is 2.75. The first-order valence-electron chi connectivity index (χ1n) is 4.14. The van der Waals surface area contributed by atoms with Crippen LogP contribution in [-0.2, 0) is 0 Å². The van der Waals surface area contributed by atoms with Crippen molar-refractivity contribution in [3.05, 3.63) is 54.1 Å². The molecular formula is C12H10N2. The molecule has 14 heavy (non-hydrogen) atoms. The summed E-state index contributed by atoms with van der Waals surface area (Å²) >= 11 is 0. The first-order valence-corrected chi connectivity index (χ1v) is 4.14. The third-order valence-electron chi connectivity index (χ3n) is 1.76. The van der Waals surface area contributed by atoms with Crippen LogP contribution in [0.15, 0.2) is 48.6 Å². The lowest BCUT2D eigenvalue weighted by molar-refractivity contribution is 1.49. The van der Waals surface area contributed by atoms with Crippen molar-refractivity contribution in [3.63, 3.8) is 0 Å². The lowest BCUT2D eigenvalue weighted by Crippen LogP contribution is -1.82. The highest BCUT2D eigenvalue weighted by molar-refractivity contribution is 5.87. The van der Waals surface area contributed by atoms with Gasteiger partial charge in [-0.15, -0.1) is 0 Å². The highest BCUT2D eigenvalue weighted by Crippen LogP contribution is 2.13. The second-order valence-corrected chi connectivity index (χ2v) is 2.75. The van der Waals surface area contributed by atoms with Crippen LogP contribution in [0.5, 0.6) is 0 Å². The van der Waals surface area contributed by atoms with Crippen LogP contribution >= 0.6 is 0 Å². The molecule has 1 N–H and O–H groups in total. The molecular weight excluding hydrogens is 172 g/mol. The Morgan fingerprint density at radius 2 is 2.00 bits per heavy atom. The molecule has 0 aliphatic rings. The van der Waals surface area contributed by atoms with E-state index in [2.05, 4.69) is 6.58 Å². The fourth-order valence-corrected chi connectivity index (χ4v) is 1.03. The van der Waals surface area contributed by atoms with Crippen molar-refractivity contribution in [1.82, 2.24) is 0 Å². The highest BCUT2D eigenvalue weighted by Gasteiger charge is 1.95. The highest BCUT2D eigenvalue weighted by atomic mass is 14.3. The van der Waals surface area contributed by atoms with Gasteiger partial charge >= 0.3 is 0 Å². The van der Waals surface area contributed by atoms with Crippen LogP contribution in [0.1, 0.15) is 5.56 Å². The number of hydrogen-bond donors (Lipinski definition) is 1. The van der Waals surface area contributed by atoms with E-state index in [9.17, 15) is 0 Å². The summed E-state index contributed by atoms with van der Waals surface area (Å²) in [5, 5.41) is 15.6. The third kappa shape index (κ3) is 2.43. The molecule has 0 amide bonds. The van der Waals surface area contributed by atoms with Gasteiger partial charge in [0, 0.05) is 6.21 Å². The molecule has 0 bridgehead atoms. The third-order valence-corrected chi connectivity index (χ3v) is 1.76. The van der Waals surface area contributed by atoms with E-state index >= 15 is 0 Å². The standard InChI is InChI=1S/C12H10N2/c1-10(7-11(8-13)9-14)12-5-3-2-4-6-12/h2-8,13H,1H2/b11-7+,13-8?. The Hall–Kier alpha value is -2.14. The van der Waals surface area contributed by atoms with Crippen LogP contribution in [0.25, 0.3) is 5.57 Å². The maximum Gasteiger partial charge on any atom is 0.101 e. The van der Waals surface area contributed by atoms with Gasteiger partial charge in [-0.05, 0) is 17.2 Å². The average Bonchev–Trinajstić information content (AvgIpc) is 2.26. The number of nitriles is 1. The summed E-state index contributed by atoms with van der Waals surface area (Å²) in [5.74, 6) is 0. The quantitative estimate of drug-likeness (QED) is 0.436. The van der Waals surface area contributed by atoms with Gasteiger partial charge < -0.3 is 5.41 Å². The van der Waals surface area contributed by atoms with Gasteiger partial charge in [0.05, 0.1) is 5.57 Å². The minimum atomic E-state index is 0.304. The summed E-state index contributed by atoms with van der Waals surface area (Å²) in [7, 11) is 0. The van der Waals surface area contributed by atoms with Gasteiger partial charge in [-0.2, -0.15) is 5.26 Å². The average molecular weight is 182 g/mol. The van der Waals surface area contributed by atoms with Gasteiger partial charge in [0.15, 0.2) is 0 Å². The smallest absolute Gasteiger partial charge is 0.101 e. The molecule has 1 rings (SSSR count). The van der Waals surface area contributed by atoms with Crippen LogP contribution in [0.3, 0.4) is 0 Å². The van der Waals surface area contributed by atoms with E-state index in [1.165, 1.54) is 0 Å². The molecule has 0 saturated heterocycles. The van der Waals surface area contributed by atoms with Gasteiger partial charge in [0.1, 0.15) is 6.07 Å². The Labute approximate surface area is 83.3 Å². The van der Waals surface area contributed by atoms with Gasteiger partial charge in [-0.3, -0.25) is 0 Å². The number of hydrogen-bond acceptors (Lipinski definition) is 2. The number of nitrogens with zero attached hydrogens (tertiary/aromatic N) is 1. The normalized spacial score (nSPS) is 10.4. The molecule has 0 radical (unpaired) electrons. The van der Waals surface area contributed by atoms with E-state index in [0.717, 1.165) is 17.4 Å². The minimum absolute atomic E-state index is 0.304. The van der Waals surface area contributed by atoms with Crippen molar-refractivity contribution in [2.45, 2.75) is 0 Å². The monoisotopic (exact) mass is 182 g/mol. The van der Waals surface area contributed by atoms with Crippen molar-refractivity contribution in [1.29, 1.82) is 10.7 Å². The molecule has 0 aliphatic carbocycles. The zero-order valence-corrected chi connectivity index (χ0v) is 7.70. The number of benzene rings is 1. The molecule has 0 heterocycles. The molecule has 2 nitrogen and oxygen atoms in total. The number of rotatable bonds is 3. The van der Waals surface area contributed by atoms with E-state index in [1.807, 2.05) is 36.4 Å². The lowest BCUT2D eigenvalue weighted by Gasteiger charge is -1.98. The van der Waals surface area contributed by atoms with Crippen LogP contribution in [0, 0.1) is 16.7 Å². The summed E-state index contributed by atoms with van der Waals surface area (Å²) in [6, 6.07) is 11.5. The topological polar surface area (TPSA) is 47.6 Å².